The van der Waals surface area contributed by atoms with Gasteiger partial charge in [0.25, 0.3) is 11.8 Å². The van der Waals surface area contributed by atoms with Crippen molar-refractivity contribution in [3.05, 3.63) is 57.2 Å². The number of hydrazine groups is 1. The SMILES string of the molecule is C[C@]1(CCc2ccccc2)NC(=O)N(NC(=O)CN2CCN(Cc3ccc(Cl)s3)CC2)C1=O. The molecule has 0 aliphatic carbocycles. The van der Waals surface area contributed by atoms with Crippen molar-refractivity contribution < 1.29 is 14.4 Å². The summed E-state index contributed by atoms with van der Waals surface area (Å²) in [5.41, 5.74) is 2.54. The Bertz CT molecular complexity index is 1010. The molecule has 4 rings (SSSR count). The summed E-state index contributed by atoms with van der Waals surface area (Å²) in [6.45, 7) is 5.83. The number of nitrogens with one attached hydrogen (secondary N) is 2. The zero-order valence-electron chi connectivity index (χ0n) is 18.6. The fourth-order valence-electron chi connectivity index (χ4n) is 4.12. The van der Waals surface area contributed by atoms with E-state index in [9.17, 15) is 14.4 Å². The van der Waals surface area contributed by atoms with Gasteiger partial charge < -0.3 is 5.32 Å². The smallest absolute Gasteiger partial charge is 0.322 e. The Morgan fingerprint density at radius 3 is 2.45 bits per heavy atom. The molecule has 10 heteroatoms. The summed E-state index contributed by atoms with van der Waals surface area (Å²) in [6, 6.07) is 13.1. The Morgan fingerprint density at radius 2 is 1.79 bits per heavy atom. The van der Waals surface area contributed by atoms with Crippen LogP contribution in [0.3, 0.4) is 0 Å². The van der Waals surface area contributed by atoms with Crippen LogP contribution in [-0.2, 0) is 22.6 Å². The number of piperazine rings is 1. The van der Waals surface area contributed by atoms with Crippen LogP contribution in [0.1, 0.15) is 23.8 Å². The van der Waals surface area contributed by atoms with Crippen LogP contribution in [0.2, 0.25) is 4.34 Å². The van der Waals surface area contributed by atoms with Crippen molar-refractivity contribution in [2.45, 2.75) is 31.8 Å². The van der Waals surface area contributed by atoms with Crippen LogP contribution in [0.5, 0.6) is 0 Å². The first kappa shape index (κ1) is 23.7. The van der Waals surface area contributed by atoms with Crippen LogP contribution >= 0.6 is 22.9 Å². The molecule has 0 radical (unpaired) electrons. The maximum absolute atomic E-state index is 12.9. The second-order valence-corrected chi connectivity index (χ2v) is 10.5. The fourth-order valence-corrected chi connectivity index (χ4v) is 5.25. The number of urea groups is 1. The average Bonchev–Trinajstić information content (AvgIpc) is 3.30. The van der Waals surface area contributed by atoms with E-state index in [4.69, 9.17) is 11.6 Å². The molecule has 33 heavy (non-hydrogen) atoms. The molecule has 2 saturated heterocycles. The largest absolute Gasteiger partial charge is 0.344 e. The molecular formula is C23H28ClN5O3S. The third-order valence-electron chi connectivity index (χ3n) is 6.09. The number of halogens is 1. The lowest BCUT2D eigenvalue weighted by atomic mass is 9.93. The van der Waals surface area contributed by atoms with Gasteiger partial charge in [0.2, 0.25) is 0 Å². The van der Waals surface area contributed by atoms with Crippen LogP contribution in [0, 0.1) is 0 Å². The summed E-state index contributed by atoms with van der Waals surface area (Å²) in [6.07, 6.45) is 1.10. The highest BCUT2D eigenvalue weighted by Crippen LogP contribution is 2.24. The van der Waals surface area contributed by atoms with E-state index in [2.05, 4.69) is 15.6 Å². The molecule has 4 amide bonds. The molecule has 2 fully saturated rings. The second kappa shape index (κ2) is 10.2. The van der Waals surface area contributed by atoms with E-state index >= 15 is 0 Å². The van der Waals surface area contributed by atoms with Crippen molar-refractivity contribution in [3.63, 3.8) is 0 Å². The predicted octanol–water partition coefficient (Wildman–Crippen LogP) is 2.49. The number of hydrogen-bond acceptors (Lipinski definition) is 6. The molecule has 1 aromatic carbocycles. The number of rotatable bonds is 8. The molecule has 1 aromatic heterocycles. The van der Waals surface area contributed by atoms with Crippen molar-refractivity contribution in [2.24, 2.45) is 0 Å². The molecule has 0 saturated carbocycles. The summed E-state index contributed by atoms with van der Waals surface area (Å²) < 4.78 is 0.789. The van der Waals surface area contributed by atoms with Gasteiger partial charge in [0.15, 0.2) is 0 Å². The quantitative estimate of drug-likeness (QED) is 0.556. The van der Waals surface area contributed by atoms with Gasteiger partial charge in [0.1, 0.15) is 5.54 Å². The first-order valence-electron chi connectivity index (χ1n) is 11.0. The first-order valence-corrected chi connectivity index (χ1v) is 12.2. The van der Waals surface area contributed by atoms with Gasteiger partial charge in [0, 0.05) is 37.6 Å². The molecule has 8 nitrogen and oxygen atoms in total. The zero-order valence-corrected chi connectivity index (χ0v) is 20.1. The molecular weight excluding hydrogens is 462 g/mol. The number of carbonyl (C=O) groups excluding carboxylic acids is 3. The van der Waals surface area contributed by atoms with E-state index in [-0.39, 0.29) is 12.5 Å². The molecule has 0 spiro atoms. The molecule has 2 aliphatic heterocycles. The van der Waals surface area contributed by atoms with E-state index in [1.165, 1.54) is 4.88 Å². The lowest BCUT2D eigenvalue weighted by Crippen LogP contribution is -2.53. The molecule has 2 aliphatic rings. The highest BCUT2D eigenvalue weighted by Gasteiger charge is 2.48. The second-order valence-electron chi connectivity index (χ2n) is 8.68. The summed E-state index contributed by atoms with van der Waals surface area (Å²) in [5.74, 6) is -0.805. The maximum atomic E-state index is 12.9. The van der Waals surface area contributed by atoms with Gasteiger partial charge in [0.05, 0.1) is 10.9 Å². The number of thiophene rings is 1. The van der Waals surface area contributed by atoms with Gasteiger partial charge >= 0.3 is 6.03 Å². The topological polar surface area (TPSA) is 85.0 Å². The Kier molecular flexibility index (Phi) is 7.33. The fraction of sp³-hybridized carbons (Fsp3) is 0.435. The highest BCUT2D eigenvalue weighted by molar-refractivity contribution is 7.16. The van der Waals surface area contributed by atoms with E-state index in [1.807, 2.05) is 47.4 Å². The van der Waals surface area contributed by atoms with E-state index in [0.717, 1.165) is 47.6 Å². The number of imide groups is 1. The highest BCUT2D eigenvalue weighted by atomic mass is 35.5. The van der Waals surface area contributed by atoms with Gasteiger partial charge in [-0.3, -0.25) is 24.8 Å². The van der Waals surface area contributed by atoms with Crippen molar-refractivity contribution in [2.75, 3.05) is 32.7 Å². The third-order valence-corrected chi connectivity index (χ3v) is 7.31. The number of hydrogen-bond donors (Lipinski definition) is 2. The minimum absolute atomic E-state index is 0.135. The van der Waals surface area contributed by atoms with Crippen molar-refractivity contribution >= 4 is 40.8 Å². The predicted molar refractivity (Wildman–Crippen MR) is 128 cm³/mol. The third kappa shape index (κ3) is 5.92. The summed E-state index contributed by atoms with van der Waals surface area (Å²) in [7, 11) is 0. The van der Waals surface area contributed by atoms with Crippen LogP contribution in [0.25, 0.3) is 0 Å². The number of nitrogens with zero attached hydrogens (tertiary/aromatic N) is 3. The molecule has 1 atom stereocenters. The summed E-state index contributed by atoms with van der Waals surface area (Å²) in [4.78, 5) is 43.5. The molecule has 2 aromatic rings. The molecule has 0 bridgehead atoms. The zero-order chi connectivity index (χ0) is 23.4. The average molecular weight is 490 g/mol. The van der Waals surface area contributed by atoms with Gasteiger partial charge in [-0.05, 0) is 37.5 Å². The maximum Gasteiger partial charge on any atom is 0.344 e. The Hall–Kier alpha value is -2.46. The van der Waals surface area contributed by atoms with E-state index in [0.29, 0.717) is 12.8 Å². The molecule has 2 N–H and O–H groups in total. The van der Waals surface area contributed by atoms with Gasteiger partial charge in [-0.25, -0.2) is 4.79 Å². The molecule has 176 valence electrons. The van der Waals surface area contributed by atoms with E-state index in [1.54, 1.807) is 18.3 Å². The minimum atomic E-state index is -1.05. The Balaban J connectivity index is 1.23. The van der Waals surface area contributed by atoms with Crippen LogP contribution in [0.4, 0.5) is 4.79 Å². The number of benzene rings is 1. The first-order chi connectivity index (χ1) is 15.8. The van der Waals surface area contributed by atoms with Crippen LogP contribution in [-0.4, -0.2) is 70.9 Å². The monoisotopic (exact) mass is 489 g/mol. The standard InChI is InChI=1S/C23H28ClN5O3S/c1-23(10-9-17-5-3-2-4-6-17)21(31)29(22(32)25-23)26-20(30)16-28-13-11-27(12-14-28)15-18-7-8-19(24)33-18/h2-8H,9-16H2,1H3,(H,25,32)(H,26,30)/t23-/m1/s1. The summed E-state index contributed by atoms with van der Waals surface area (Å²) in [5, 5.41) is 3.56. The van der Waals surface area contributed by atoms with Crippen molar-refractivity contribution in [3.8, 4) is 0 Å². The van der Waals surface area contributed by atoms with E-state index < -0.39 is 17.5 Å². The van der Waals surface area contributed by atoms with Gasteiger partial charge in [-0.15, -0.1) is 11.3 Å². The number of amides is 4. The van der Waals surface area contributed by atoms with Gasteiger partial charge in [-0.2, -0.15) is 5.01 Å². The molecule has 3 heterocycles. The summed E-state index contributed by atoms with van der Waals surface area (Å²) >= 11 is 7.59. The number of aryl methyl sites for hydroxylation is 1. The normalized spacial score (nSPS) is 21.9. The van der Waals surface area contributed by atoms with Crippen LogP contribution in [0.15, 0.2) is 42.5 Å². The van der Waals surface area contributed by atoms with Gasteiger partial charge in [-0.1, -0.05) is 41.9 Å². The molecule has 0 unspecified atom stereocenters. The Morgan fingerprint density at radius 1 is 1.09 bits per heavy atom. The van der Waals surface area contributed by atoms with Crippen molar-refractivity contribution in [1.29, 1.82) is 0 Å². The van der Waals surface area contributed by atoms with Crippen molar-refractivity contribution in [1.82, 2.24) is 25.6 Å². The number of carbonyl (C=O) groups is 3. The lowest BCUT2D eigenvalue weighted by molar-refractivity contribution is -0.139. The lowest BCUT2D eigenvalue weighted by Gasteiger charge is -2.34. The Labute approximate surface area is 202 Å². The minimum Gasteiger partial charge on any atom is -0.322 e. The van der Waals surface area contributed by atoms with Crippen LogP contribution < -0.4 is 10.7 Å².